The number of amidine groups is 1. The first-order valence-corrected chi connectivity index (χ1v) is 5.61. The third kappa shape index (κ3) is 3.48. The summed E-state index contributed by atoms with van der Waals surface area (Å²) >= 11 is 1.84. The van der Waals surface area contributed by atoms with Crippen LogP contribution in [-0.2, 0) is 0 Å². The van der Waals surface area contributed by atoms with E-state index in [1.807, 2.05) is 11.8 Å². The Labute approximate surface area is 79.2 Å². The lowest BCUT2D eigenvalue weighted by molar-refractivity contribution is 0.493. The van der Waals surface area contributed by atoms with E-state index in [1.165, 1.54) is 6.42 Å². The van der Waals surface area contributed by atoms with Crippen LogP contribution in [0.25, 0.3) is 0 Å². The normalized spacial score (nSPS) is 19.5. The molecule has 1 heterocycles. The second-order valence-corrected chi connectivity index (χ2v) is 4.79. The first-order chi connectivity index (χ1) is 5.68. The minimum atomic E-state index is 0.564. The van der Waals surface area contributed by atoms with Gasteiger partial charge >= 0.3 is 0 Å². The molecule has 0 saturated carbocycles. The number of nitrogens with one attached hydrogen (secondary N) is 1. The topological polar surface area (TPSA) is 24.4 Å². The Hall–Kier alpha value is -0.180. The van der Waals surface area contributed by atoms with Crippen molar-refractivity contribution in [2.45, 2.75) is 33.2 Å². The summed E-state index contributed by atoms with van der Waals surface area (Å²) in [5.74, 6) is 1.91. The lowest BCUT2D eigenvalue weighted by atomic mass is 10.1. The van der Waals surface area contributed by atoms with Gasteiger partial charge in [0.05, 0.1) is 6.54 Å². The Morgan fingerprint density at radius 2 is 2.25 bits per heavy atom. The van der Waals surface area contributed by atoms with Crippen LogP contribution in [0.1, 0.15) is 27.2 Å². The van der Waals surface area contributed by atoms with E-state index in [9.17, 15) is 0 Å². The maximum Gasteiger partial charge on any atom is 0.156 e. The molecule has 1 unspecified atom stereocenters. The molecule has 12 heavy (non-hydrogen) atoms. The van der Waals surface area contributed by atoms with Crippen molar-refractivity contribution in [3.05, 3.63) is 0 Å². The van der Waals surface area contributed by atoms with Crippen molar-refractivity contribution >= 4 is 16.9 Å². The van der Waals surface area contributed by atoms with Crippen LogP contribution in [0.4, 0.5) is 0 Å². The minimum absolute atomic E-state index is 0.564. The molecular formula is C9H18N2S. The highest BCUT2D eigenvalue weighted by Crippen LogP contribution is 2.11. The summed E-state index contributed by atoms with van der Waals surface area (Å²) in [7, 11) is 0. The van der Waals surface area contributed by atoms with E-state index < -0.39 is 0 Å². The maximum atomic E-state index is 4.35. The highest BCUT2D eigenvalue weighted by Gasteiger charge is 2.10. The number of rotatable bonds is 3. The summed E-state index contributed by atoms with van der Waals surface area (Å²) in [6.45, 7) is 7.71. The molecule has 0 fully saturated rings. The van der Waals surface area contributed by atoms with Crippen LogP contribution in [0.5, 0.6) is 0 Å². The summed E-state index contributed by atoms with van der Waals surface area (Å²) in [6.07, 6.45) is 1.22. The van der Waals surface area contributed by atoms with Gasteiger partial charge in [0.25, 0.3) is 0 Å². The van der Waals surface area contributed by atoms with Crippen LogP contribution >= 0.6 is 11.8 Å². The van der Waals surface area contributed by atoms with E-state index in [0.717, 1.165) is 23.4 Å². The predicted octanol–water partition coefficient (Wildman–Crippen LogP) is 2.11. The smallest absolute Gasteiger partial charge is 0.156 e. The Morgan fingerprint density at radius 1 is 1.50 bits per heavy atom. The molecule has 1 aliphatic rings. The minimum Gasteiger partial charge on any atom is -0.362 e. The van der Waals surface area contributed by atoms with Crippen molar-refractivity contribution in [1.82, 2.24) is 5.32 Å². The fraction of sp³-hybridized carbons (Fsp3) is 0.889. The molecule has 0 aromatic heterocycles. The molecule has 1 N–H and O–H groups in total. The molecule has 0 amide bonds. The van der Waals surface area contributed by atoms with E-state index in [1.54, 1.807) is 0 Å². The van der Waals surface area contributed by atoms with Crippen molar-refractivity contribution in [2.24, 2.45) is 10.9 Å². The highest BCUT2D eigenvalue weighted by atomic mass is 32.2. The third-order valence-electron chi connectivity index (χ3n) is 1.78. The molecule has 1 rings (SSSR count). The standard InChI is InChI=1S/C9H18N2S/c1-7(2)6-8(3)11-9-10-4-5-12-9/h7-8H,4-6H2,1-3H3,(H,10,11). The first kappa shape index (κ1) is 9.90. The van der Waals surface area contributed by atoms with Crippen LogP contribution < -0.4 is 5.32 Å². The molecule has 0 aliphatic carbocycles. The quantitative estimate of drug-likeness (QED) is 0.730. The van der Waals surface area contributed by atoms with Gasteiger partial charge in [0.15, 0.2) is 5.17 Å². The van der Waals surface area contributed by atoms with Crippen LogP contribution in [0, 0.1) is 5.92 Å². The van der Waals surface area contributed by atoms with E-state index in [-0.39, 0.29) is 0 Å². The third-order valence-corrected chi connectivity index (χ3v) is 2.69. The molecule has 0 spiro atoms. The van der Waals surface area contributed by atoms with Gasteiger partial charge in [-0.15, -0.1) is 0 Å². The molecule has 0 radical (unpaired) electrons. The van der Waals surface area contributed by atoms with Gasteiger partial charge in [-0.2, -0.15) is 0 Å². The number of aliphatic imine (C=N–C) groups is 1. The van der Waals surface area contributed by atoms with Crippen molar-refractivity contribution < 1.29 is 0 Å². The molecule has 0 bridgehead atoms. The molecular weight excluding hydrogens is 168 g/mol. The zero-order chi connectivity index (χ0) is 8.97. The summed E-state index contributed by atoms with van der Waals surface area (Å²) in [6, 6.07) is 0.564. The second-order valence-electron chi connectivity index (χ2n) is 3.71. The molecule has 0 aromatic carbocycles. The van der Waals surface area contributed by atoms with E-state index >= 15 is 0 Å². The number of hydrogen-bond acceptors (Lipinski definition) is 3. The molecule has 1 atom stereocenters. The van der Waals surface area contributed by atoms with Crippen molar-refractivity contribution in [3.63, 3.8) is 0 Å². The number of hydrogen-bond donors (Lipinski definition) is 1. The van der Waals surface area contributed by atoms with Gasteiger partial charge in [0.1, 0.15) is 0 Å². The van der Waals surface area contributed by atoms with Crippen molar-refractivity contribution in [3.8, 4) is 0 Å². The van der Waals surface area contributed by atoms with Crippen LogP contribution in [0.15, 0.2) is 4.99 Å². The Morgan fingerprint density at radius 3 is 2.75 bits per heavy atom. The van der Waals surface area contributed by atoms with Gasteiger partial charge in [0, 0.05) is 11.8 Å². The van der Waals surface area contributed by atoms with E-state index in [4.69, 9.17) is 0 Å². The lowest BCUT2D eigenvalue weighted by Gasteiger charge is -2.16. The lowest BCUT2D eigenvalue weighted by Crippen LogP contribution is -2.30. The monoisotopic (exact) mass is 186 g/mol. The summed E-state index contributed by atoms with van der Waals surface area (Å²) in [5, 5.41) is 4.56. The second kappa shape index (κ2) is 4.75. The predicted molar refractivity (Wildman–Crippen MR) is 56.8 cm³/mol. The summed E-state index contributed by atoms with van der Waals surface area (Å²) in [4.78, 5) is 4.35. The summed E-state index contributed by atoms with van der Waals surface area (Å²) in [5.41, 5.74) is 0. The highest BCUT2D eigenvalue weighted by molar-refractivity contribution is 8.14. The zero-order valence-corrected chi connectivity index (χ0v) is 8.95. The Kier molecular flexibility index (Phi) is 3.92. The summed E-state index contributed by atoms with van der Waals surface area (Å²) < 4.78 is 0. The van der Waals surface area contributed by atoms with Gasteiger partial charge in [0.2, 0.25) is 0 Å². The van der Waals surface area contributed by atoms with Crippen molar-refractivity contribution in [2.75, 3.05) is 12.3 Å². The largest absolute Gasteiger partial charge is 0.362 e. The molecule has 1 aliphatic heterocycles. The van der Waals surface area contributed by atoms with Crippen LogP contribution in [0.2, 0.25) is 0 Å². The fourth-order valence-electron chi connectivity index (χ4n) is 1.40. The number of thioether (sulfide) groups is 1. The Balaban J connectivity index is 2.21. The average Bonchev–Trinajstić information content (AvgIpc) is 2.37. The number of nitrogens with zero attached hydrogens (tertiary/aromatic N) is 1. The van der Waals surface area contributed by atoms with Crippen LogP contribution in [0.3, 0.4) is 0 Å². The van der Waals surface area contributed by atoms with Gasteiger partial charge in [-0.05, 0) is 19.3 Å². The van der Waals surface area contributed by atoms with Gasteiger partial charge in [-0.25, -0.2) is 0 Å². The molecule has 2 nitrogen and oxygen atoms in total. The Bertz CT molecular complexity index is 166. The average molecular weight is 186 g/mol. The fourth-order valence-corrected chi connectivity index (χ4v) is 2.24. The molecule has 70 valence electrons. The van der Waals surface area contributed by atoms with Gasteiger partial charge in [-0.1, -0.05) is 25.6 Å². The SMILES string of the molecule is CC(C)CC(C)NC1=NCCS1. The van der Waals surface area contributed by atoms with E-state index in [0.29, 0.717) is 6.04 Å². The van der Waals surface area contributed by atoms with Gasteiger partial charge in [-0.3, -0.25) is 4.99 Å². The van der Waals surface area contributed by atoms with Crippen molar-refractivity contribution in [1.29, 1.82) is 0 Å². The maximum absolute atomic E-state index is 4.35. The molecule has 0 saturated heterocycles. The molecule has 3 heteroatoms. The zero-order valence-electron chi connectivity index (χ0n) is 8.13. The molecule has 0 aromatic rings. The van der Waals surface area contributed by atoms with Gasteiger partial charge < -0.3 is 5.32 Å². The van der Waals surface area contributed by atoms with E-state index in [2.05, 4.69) is 31.1 Å². The first-order valence-electron chi connectivity index (χ1n) is 4.62. The van der Waals surface area contributed by atoms with Crippen LogP contribution in [-0.4, -0.2) is 23.5 Å².